The van der Waals surface area contributed by atoms with Gasteiger partial charge >= 0.3 is 0 Å². The lowest BCUT2D eigenvalue weighted by Crippen LogP contribution is -2.14. The molecule has 0 bridgehead atoms. The third kappa shape index (κ3) is 2.94. The van der Waals surface area contributed by atoms with Crippen molar-refractivity contribution in [2.75, 3.05) is 5.32 Å². The minimum absolute atomic E-state index is 0.124. The van der Waals surface area contributed by atoms with E-state index in [1.807, 2.05) is 0 Å². The van der Waals surface area contributed by atoms with E-state index < -0.39 is 11.7 Å². The van der Waals surface area contributed by atoms with E-state index in [1.54, 1.807) is 24.4 Å². The lowest BCUT2D eigenvalue weighted by molar-refractivity contribution is 0.102. The zero-order valence-corrected chi connectivity index (χ0v) is 12.1. The van der Waals surface area contributed by atoms with Crippen LogP contribution in [0.4, 0.5) is 10.1 Å². The van der Waals surface area contributed by atoms with E-state index in [0.29, 0.717) is 14.6 Å². The summed E-state index contributed by atoms with van der Waals surface area (Å²) in [7, 11) is 0. The summed E-state index contributed by atoms with van der Waals surface area (Å²) in [5.74, 6) is -0.922. The van der Waals surface area contributed by atoms with Crippen LogP contribution in [0, 0.1) is 5.82 Å². The van der Waals surface area contributed by atoms with Gasteiger partial charge in [0.25, 0.3) is 5.91 Å². The molecular formula is C12H7Br2FN2O. The Morgan fingerprint density at radius 1 is 1.28 bits per heavy atom. The number of rotatable bonds is 2. The van der Waals surface area contributed by atoms with Gasteiger partial charge in [0.2, 0.25) is 0 Å². The van der Waals surface area contributed by atoms with Crippen molar-refractivity contribution in [1.29, 1.82) is 0 Å². The maximum absolute atomic E-state index is 13.6. The first kappa shape index (κ1) is 13.2. The Labute approximate surface area is 120 Å². The van der Waals surface area contributed by atoms with E-state index in [9.17, 15) is 9.18 Å². The predicted octanol–water partition coefficient (Wildman–Crippen LogP) is 4.00. The van der Waals surface area contributed by atoms with Crippen LogP contribution in [0.1, 0.15) is 10.4 Å². The standard InChI is InChI=1S/C12H7Br2FN2O/c13-7-3-4-10(9(15)6-7)17-12(18)8-2-1-5-16-11(8)14/h1-6H,(H,17,18). The fourth-order valence-electron chi connectivity index (χ4n) is 1.34. The fourth-order valence-corrected chi connectivity index (χ4v) is 2.10. The first-order valence-electron chi connectivity index (χ1n) is 4.95. The van der Waals surface area contributed by atoms with Crippen molar-refractivity contribution >= 4 is 43.5 Å². The van der Waals surface area contributed by atoms with Gasteiger partial charge in [-0.2, -0.15) is 0 Å². The van der Waals surface area contributed by atoms with Gasteiger partial charge < -0.3 is 5.32 Å². The number of carbonyl (C=O) groups excluding carboxylic acids is 1. The number of pyridine rings is 1. The second kappa shape index (κ2) is 5.58. The minimum Gasteiger partial charge on any atom is -0.319 e. The summed E-state index contributed by atoms with van der Waals surface area (Å²) in [6.45, 7) is 0. The molecule has 1 aromatic carbocycles. The van der Waals surface area contributed by atoms with Crippen molar-refractivity contribution in [3.63, 3.8) is 0 Å². The van der Waals surface area contributed by atoms with Crippen molar-refractivity contribution in [3.05, 3.63) is 57.0 Å². The number of halogens is 3. The van der Waals surface area contributed by atoms with E-state index in [1.165, 1.54) is 12.1 Å². The summed E-state index contributed by atoms with van der Waals surface area (Å²) in [6, 6.07) is 7.66. The molecule has 2 aromatic rings. The van der Waals surface area contributed by atoms with E-state index in [0.717, 1.165) is 0 Å². The van der Waals surface area contributed by atoms with Gasteiger partial charge in [0.1, 0.15) is 10.4 Å². The Morgan fingerprint density at radius 2 is 2.06 bits per heavy atom. The molecule has 0 aliphatic heterocycles. The smallest absolute Gasteiger partial charge is 0.258 e. The van der Waals surface area contributed by atoms with Crippen molar-refractivity contribution in [1.82, 2.24) is 4.98 Å². The maximum Gasteiger partial charge on any atom is 0.258 e. The number of benzene rings is 1. The highest BCUT2D eigenvalue weighted by molar-refractivity contribution is 9.10. The van der Waals surface area contributed by atoms with Crippen LogP contribution in [0.2, 0.25) is 0 Å². The van der Waals surface area contributed by atoms with Gasteiger partial charge in [-0.05, 0) is 46.3 Å². The SMILES string of the molecule is O=C(Nc1ccc(Br)cc1F)c1cccnc1Br. The zero-order chi connectivity index (χ0) is 13.1. The Bertz CT molecular complexity index is 604. The molecule has 1 heterocycles. The molecule has 0 saturated carbocycles. The first-order chi connectivity index (χ1) is 8.58. The van der Waals surface area contributed by atoms with Crippen molar-refractivity contribution in [2.45, 2.75) is 0 Å². The van der Waals surface area contributed by atoms with Crippen LogP contribution in [0.5, 0.6) is 0 Å². The normalized spacial score (nSPS) is 10.2. The lowest BCUT2D eigenvalue weighted by atomic mass is 10.2. The number of aromatic nitrogens is 1. The summed E-state index contributed by atoms with van der Waals surface area (Å²) in [4.78, 5) is 15.8. The van der Waals surface area contributed by atoms with E-state index >= 15 is 0 Å². The molecule has 0 saturated heterocycles. The number of nitrogens with one attached hydrogen (secondary N) is 1. The number of hydrogen-bond donors (Lipinski definition) is 1. The Morgan fingerprint density at radius 3 is 2.72 bits per heavy atom. The van der Waals surface area contributed by atoms with Gasteiger partial charge in [0.05, 0.1) is 11.3 Å². The van der Waals surface area contributed by atoms with Gasteiger partial charge in [-0.15, -0.1) is 0 Å². The van der Waals surface area contributed by atoms with Crippen molar-refractivity contribution < 1.29 is 9.18 Å². The summed E-state index contributed by atoms with van der Waals surface area (Å²) in [6.07, 6.45) is 1.56. The largest absolute Gasteiger partial charge is 0.319 e. The van der Waals surface area contributed by atoms with Crippen LogP contribution in [0.3, 0.4) is 0 Å². The molecule has 1 amide bonds. The molecule has 0 aliphatic rings. The Balaban J connectivity index is 2.24. The highest BCUT2D eigenvalue weighted by Crippen LogP contribution is 2.21. The molecule has 2 rings (SSSR count). The van der Waals surface area contributed by atoms with E-state index in [2.05, 4.69) is 42.2 Å². The van der Waals surface area contributed by atoms with E-state index in [-0.39, 0.29) is 5.69 Å². The van der Waals surface area contributed by atoms with Crippen LogP contribution in [0.15, 0.2) is 45.6 Å². The van der Waals surface area contributed by atoms with Crippen LogP contribution >= 0.6 is 31.9 Å². The molecule has 0 aliphatic carbocycles. The lowest BCUT2D eigenvalue weighted by Gasteiger charge is -2.07. The molecular weight excluding hydrogens is 367 g/mol. The summed E-state index contributed by atoms with van der Waals surface area (Å²) in [5.41, 5.74) is 0.471. The number of carbonyl (C=O) groups is 1. The van der Waals surface area contributed by atoms with Gasteiger partial charge in [-0.25, -0.2) is 9.37 Å². The highest BCUT2D eigenvalue weighted by atomic mass is 79.9. The van der Waals surface area contributed by atoms with Gasteiger partial charge in [-0.1, -0.05) is 15.9 Å². The molecule has 0 radical (unpaired) electrons. The third-order valence-electron chi connectivity index (χ3n) is 2.18. The maximum atomic E-state index is 13.6. The molecule has 0 unspecified atom stereocenters. The number of nitrogens with zero attached hydrogens (tertiary/aromatic N) is 1. The molecule has 6 heteroatoms. The summed E-state index contributed by atoms with van der Waals surface area (Å²) in [5, 5.41) is 2.49. The molecule has 0 atom stereocenters. The minimum atomic E-state index is -0.502. The molecule has 18 heavy (non-hydrogen) atoms. The first-order valence-corrected chi connectivity index (χ1v) is 6.53. The summed E-state index contributed by atoms with van der Waals surface area (Å²) >= 11 is 6.32. The van der Waals surface area contributed by atoms with Crippen molar-refractivity contribution in [3.8, 4) is 0 Å². The fraction of sp³-hybridized carbons (Fsp3) is 0. The number of anilines is 1. The molecule has 1 aromatic heterocycles. The number of hydrogen-bond acceptors (Lipinski definition) is 2. The van der Waals surface area contributed by atoms with Crippen LogP contribution in [-0.4, -0.2) is 10.9 Å². The predicted molar refractivity (Wildman–Crippen MR) is 74.0 cm³/mol. The second-order valence-corrected chi connectivity index (χ2v) is 5.09. The van der Waals surface area contributed by atoms with Gasteiger partial charge in [0, 0.05) is 10.7 Å². The van der Waals surface area contributed by atoms with Crippen LogP contribution < -0.4 is 5.32 Å². The zero-order valence-electron chi connectivity index (χ0n) is 8.95. The molecule has 0 spiro atoms. The molecule has 3 nitrogen and oxygen atoms in total. The average Bonchev–Trinajstić information content (AvgIpc) is 2.33. The number of amides is 1. The monoisotopic (exact) mass is 372 g/mol. The summed E-state index contributed by atoms with van der Waals surface area (Å²) < 4.78 is 14.6. The average molecular weight is 374 g/mol. The Kier molecular flexibility index (Phi) is 4.08. The van der Waals surface area contributed by atoms with Crippen LogP contribution in [0.25, 0.3) is 0 Å². The van der Waals surface area contributed by atoms with Crippen LogP contribution in [-0.2, 0) is 0 Å². The van der Waals surface area contributed by atoms with E-state index in [4.69, 9.17) is 0 Å². The Hall–Kier alpha value is -1.27. The third-order valence-corrected chi connectivity index (χ3v) is 3.31. The molecule has 1 N–H and O–H groups in total. The van der Waals surface area contributed by atoms with Gasteiger partial charge in [0.15, 0.2) is 0 Å². The highest BCUT2D eigenvalue weighted by Gasteiger charge is 2.12. The quantitative estimate of drug-likeness (QED) is 0.808. The topological polar surface area (TPSA) is 42.0 Å². The molecule has 0 fully saturated rings. The second-order valence-electron chi connectivity index (χ2n) is 3.42. The molecule has 92 valence electrons. The van der Waals surface area contributed by atoms with Gasteiger partial charge in [-0.3, -0.25) is 4.79 Å². The van der Waals surface area contributed by atoms with Crippen molar-refractivity contribution in [2.24, 2.45) is 0 Å².